The van der Waals surface area contributed by atoms with Gasteiger partial charge in [0.15, 0.2) is 0 Å². The van der Waals surface area contributed by atoms with E-state index >= 15 is 0 Å². The van der Waals surface area contributed by atoms with Gasteiger partial charge in [-0.05, 0) is 52.6 Å². The highest BCUT2D eigenvalue weighted by Crippen LogP contribution is 2.10. The maximum absolute atomic E-state index is 11.9. The van der Waals surface area contributed by atoms with Crippen LogP contribution in [0.1, 0.15) is 31.9 Å². The first-order valence-corrected chi connectivity index (χ1v) is 7.13. The van der Waals surface area contributed by atoms with Crippen LogP contribution >= 0.6 is 0 Å². The SMILES string of the molecule is CN(C)CC(Cc1ccc(C#N)cc1)=NC(=O)OC(C)(C)C. The topological polar surface area (TPSA) is 65.7 Å². The van der Waals surface area contributed by atoms with Crippen LogP contribution in [-0.4, -0.2) is 42.9 Å². The van der Waals surface area contributed by atoms with Gasteiger partial charge in [0.2, 0.25) is 0 Å². The standard InChI is InChI=1S/C17H23N3O2/c1-17(2,3)22-16(21)19-15(12-20(4)5)10-13-6-8-14(11-18)9-7-13/h6-9H,10,12H2,1-5H3. The lowest BCUT2D eigenvalue weighted by molar-refractivity contribution is 0.0603. The van der Waals surface area contributed by atoms with Crippen LogP contribution < -0.4 is 0 Å². The molecule has 0 unspecified atom stereocenters. The normalized spacial score (nSPS) is 12.1. The van der Waals surface area contributed by atoms with Crippen LogP contribution in [0.2, 0.25) is 0 Å². The van der Waals surface area contributed by atoms with Crippen LogP contribution in [0, 0.1) is 11.3 Å². The molecule has 0 N–H and O–H groups in total. The number of ether oxygens (including phenoxy) is 1. The second-order valence-electron chi connectivity index (χ2n) is 6.38. The Morgan fingerprint density at radius 3 is 2.32 bits per heavy atom. The fourth-order valence-electron chi connectivity index (χ4n) is 1.84. The van der Waals surface area contributed by atoms with Crippen molar-refractivity contribution in [3.8, 4) is 6.07 Å². The molecule has 0 bridgehead atoms. The third-order valence-electron chi connectivity index (χ3n) is 2.63. The van der Waals surface area contributed by atoms with Gasteiger partial charge in [0.1, 0.15) is 5.60 Å². The maximum Gasteiger partial charge on any atom is 0.434 e. The summed E-state index contributed by atoms with van der Waals surface area (Å²) in [6.07, 6.45) is -0.0265. The molecule has 1 aromatic rings. The lowest BCUT2D eigenvalue weighted by atomic mass is 10.1. The van der Waals surface area contributed by atoms with E-state index in [0.717, 1.165) is 11.3 Å². The van der Waals surface area contributed by atoms with Crippen molar-refractivity contribution in [2.75, 3.05) is 20.6 Å². The molecule has 1 rings (SSSR count). The van der Waals surface area contributed by atoms with Gasteiger partial charge in [-0.1, -0.05) is 12.1 Å². The fourth-order valence-corrected chi connectivity index (χ4v) is 1.84. The van der Waals surface area contributed by atoms with Crippen molar-refractivity contribution < 1.29 is 9.53 Å². The van der Waals surface area contributed by atoms with Crippen molar-refractivity contribution in [3.05, 3.63) is 35.4 Å². The number of carbonyl (C=O) groups is 1. The number of aliphatic imine (C=N–C) groups is 1. The predicted molar refractivity (Wildman–Crippen MR) is 87.1 cm³/mol. The number of rotatable bonds is 4. The minimum absolute atomic E-state index is 0.545. The highest BCUT2D eigenvalue weighted by Gasteiger charge is 2.16. The van der Waals surface area contributed by atoms with Gasteiger partial charge >= 0.3 is 6.09 Å². The molecule has 22 heavy (non-hydrogen) atoms. The fraction of sp³-hybridized carbons (Fsp3) is 0.471. The van der Waals surface area contributed by atoms with Crippen molar-refractivity contribution in [1.82, 2.24) is 4.90 Å². The molecule has 118 valence electrons. The summed E-state index contributed by atoms with van der Waals surface area (Å²) >= 11 is 0. The Hall–Kier alpha value is -2.19. The molecule has 0 saturated carbocycles. The minimum Gasteiger partial charge on any atom is -0.442 e. The third-order valence-corrected chi connectivity index (χ3v) is 2.63. The zero-order valence-corrected chi connectivity index (χ0v) is 13.9. The highest BCUT2D eigenvalue weighted by molar-refractivity contribution is 5.96. The second-order valence-corrected chi connectivity index (χ2v) is 6.38. The van der Waals surface area contributed by atoms with Crippen molar-refractivity contribution in [3.63, 3.8) is 0 Å². The van der Waals surface area contributed by atoms with Gasteiger partial charge in [0.05, 0.1) is 11.6 Å². The molecule has 0 aliphatic heterocycles. The average Bonchev–Trinajstić information content (AvgIpc) is 2.36. The van der Waals surface area contributed by atoms with Gasteiger partial charge in [0.25, 0.3) is 0 Å². The first-order valence-electron chi connectivity index (χ1n) is 7.13. The molecule has 1 aromatic carbocycles. The summed E-state index contributed by atoms with van der Waals surface area (Å²) in [7, 11) is 3.84. The Labute approximate surface area is 132 Å². The molecule has 0 fully saturated rings. The van der Waals surface area contributed by atoms with Crippen molar-refractivity contribution >= 4 is 11.8 Å². The quantitative estimate of drug-likeness (QED) is 0.802. The summed E-state index contributed by atoms with van der Waals surface area (Å²) in [5.74, 6) is 0. The van der Waals surface area contributed by atoms with Crippen LogP contribution in [0.3, 0.4) is 0 Å². The Balaban J connectivity index is 2.87. The molecule has 1 amide bonds. The van der Waals surface area contributed by atoms with Gasteiger partial charge in [-0.2, -0.15) is 10.3 Å². The molecular weight excluding hydrogens is 278 g/mol. The molecule has 0 aliphatic rings. The zero-order chi connectivity index (χ0) is 16.8. The van der Waals surface area contributed by atoms with Crippen LogP contribution in [0.5, 0.6) is 0 Å². The smallest absolute Gasteiger partial charge is 0.434 e. The summed E-state index contributed by atoms with van der Waals surface area (Å²) in [6, 6.07) is 9.35. The first-order chi connectivity index (χ1) is 10.2. The number of benzene rings is 1. The number of hydrogen-bond acceptors (Lipinski definition) is 4. The first kappa shape index (κ1) is 17.9. The predicted octanol–water partition coefficient (Wildman–Crippen LogP) is 3.04. The van der Waals surface area contributed by atoms with E-state index in [0.29, 0.717) is 18.5 Å². The van der Waals surface area contributed by atoms with E-state index in [1.54, 1.807) is 12.1 Å². The lowest BCUT2D eigenvalue weighted by Crippen LogP contribution is -2.27. The maximum atomic E-state index is 11.9. The number of carbonyl (C=O) groups excluding carboxylic acids is 1. The summed E-state index contributed by atoms with van der Waals surface area (Å²) in [4.78, 5) is 17.9. The number of hydrogen-bond donors (Lipinski definition) is 0. The summed E-state index contributed by atoms with van der Waals surface area (Å²) in [5.41, 5.74) is 1.78. The minimum atomic E-state index is -0.571. The van der Waals surface area contributed by atoms with E-state index in [-0.39, 0.29) is 0 Å². The monoisotopic (exact) mass is 301 g/mol. The molecule has 0 saturated heterocycles. The largest absolute Gasteiger partial charge is 0.442 e. The molecule has 0 spiro atoms. The molecular formula is C17H23N3O2. The molecule has 0 atom stereocenters. The lowest BCUT2D eigenvalue weighted by Gasteiger charge is -2.18. The van der Waals surface area contributed by atoms with Gasteiger partial charge in [-0.25, -0.2) is 4.79 Å². The van der Waals surface area contributed by atoms with Crippen molar-refractivity contribution in [2.24, 2.45) is 4.99 Å². The van der Waals surface area contributed by atoms with Crippen molar-refractivity contribution in [2.45, 2.75) is 32.8 Å². The number of amides is 1. The molecule has 0 aromatic heterocycles. The van der Waals surface area contributed by atoms with Crippen LogP contribution in [0.4, 0.5) is 4.79 Å². The zero-order valence-electron chi connectivity index (χ0n) is 13.9. The van der Waals surface area contributed by atoms with E-state index in [4.69, 9.17) is 10.00 Å². The average molecular weight is 301 g/mol. The van der Waals surface area contributed by atoms with E-state index in [2.05, 4.69) is 11.1 Å². The van der Waals surface area contributed by atoms with Gasteiger partial charge in [-0.3, -0.25) is 0 Å². The highest BCUT2D eigenvalue weighted by atomic mass is 16.6. The molecule has 0 heterocycles. The summed E-state index contributed by atoms with van der Waals surface area (Å²) < 4.78 is 5.24. The Bertz CT molecular complexity index is 575. The van der Waals surface area contributed by atoms with E-state index in [1.807, 2.05) is 51.9 Å². The molecule has 5 heteroatoms. The van der Waals surface area contributed by atoms with E-state index < -0.39 is 11.7 Å². The molecule has 5 nitrogen and oxygen atoms in total. The van der Waals surface area contributed by atoms with Crippen molar-refractivity contribution in [1.29, 1.82) is 5.26 Å². The van der Waals surface area contributed by atoms with Crippen LogP contribution in [0.25, 0.3) is 0 Å². The summed E-state index contributed by atoms with van der Waals surface area (Å²) in [6.45, 7) is 6.01. The second kappa shape index (κ2) is 7.71. The van der Waals surface area contributed by atoms with Gasteiger partial charge in [0, 0.05) is 18.7 Å². The third kappa shape index (κ3) is 7.00. The number of nitriles is 1. The van der Waals surface area contributed by atoms with Crippen LogP contribution in [-0.2, 0) is 11.2 Å². The Morgan fingerprint density at radius 2 is 1.86 bits per heavy atom. The molecule has 0 aliphatic carbocycles. The van der Waals surface area contributed by atoms with Gasteiger partial charge < -0.3 is 9.64 Å². The van der Waals surface area contributed by atoms with E-state index in [9.17, 15) is 4.79 Å². The number of nitrogens with zero attached hydrogens (tertiary/aromatic N) is 3. The Kier molecular flexibility index (Phi) is 6.26. The van der Waals surface area contributed by atoms with Crippen LogP contribution in [0.15, 0.2) is 29.3 Å². The van der Waals surface area contributed by atoms with E-state index in [1.165, 1.54) is 0 Å². The summed E-state index contributed by atoms with van der Waals surface area (Å²) in [5, 5.41) is 8.81. The molecule has 0 radical (unpaired) electrons. The Morgan fingerprint density at radius 1 is 1.27 bits per heavy atom. The van der Waals surface area contributed by atoms with Gasteiger partial charge in [-0.15, -0.1) is 0 Å².